The van der Waals surface area contributed by atoms with Crippen LogP contribution in [0.15, 0.2) is 29.2 Å². The fourth-order valence-corrected chi connectivity index (χ4v) is 3.76. The van der Waals surface area contributed by atoms with E-state index in [-0.39, 0.29) is 12.0 Å². The Hall–Kier alpha value is -0.910. The highest BCUT2D eigenvalue weighted by atomic mass is 32.2. The average Bonchev–Trinajstić information content (AvgIpc) is 2.36. The van der Waals surface area contributed by atoms with Gasteiger partial charge in [0.25, 0.3) is 0 Å². The standard InChI is InChI=1S/C15H23NO3S/c1-11(2)13-4-6-15(7-5-13)20(18,19)16(3)10-12-8-14(17)9-12/h4-7,11-12,14,17H,8-10H2,1-3H3. The van der Waals surface area contributed by atoms with Gasteiger partial charge in [0.1, 0.15) is 0 Å². The topological polar surface area (TPSA) is 57.6 Å². The second kappa shape index (κ2) is 5.84. The van der Waals surface area contributed by atoms with E-state index in [1.54, 1.807) is 19.2 Å². The van der Waals surface area contributed by atoms with E-state index in [0.29, 0.717) is 30.2 Å². The molecule has 0 saturated heterocycles. The Bertz CT molecular complexity index is 545. The van der Waals surface area contributed by atoms with Gasteiger partial charge in [-0.3, -0.25) is 0 Å². The fourth-order valence-electron chi connectivity index (χ4n) is 2.52. The lowest BCUT2D eigenvalue weighted by molar-refractivity contribution is 0.0367. The summed E-state index contributed by atoms with van der Waals surface area (Å²) in [6, 6.07) is 7.10. The number of aliphatic hydroxyl groups excluding tert-OH is 1. The maximum atomic E-state index is 12.4. The van der Waals surface area contributed by atoms with Gasteiger partial charge in [-0.1, -0.05) is 26.0 Å². The van der Waals surface area contributed by atoms with Crippen LogP contribution < -0.4 is 0 Å². The number of nitrogens with zero attached hydrogens (tertiary/aromatic N) is 1. The third-order valence-corrected chi connectivity index (χ3v) is 5.82. The zero-order chi connectivity index (χ0) is 14.9. The minimum atomic E-state index is -3.42. The van der Waals surface area contributed by atoms with Gasteiger partial charge in [0.2, 0.25) is 10.0 Å². The molecule has 0 aromatic heterocycles. The predicted molar refractivity (Wildman–Crippen MR) is 79.1 cm³/mol. The molecule has 5 heteroatoms. The van der Waals surface area contributed by atoms with Crippen LogP contribution in [0.3, 0.4) is 0 Å². The molecule has 0 amide bonds. The molecule has 112 valence electrons. The van der Waals surface area contributed by atoms with Crippen LogP contribution in [-0.4, -0.2) is 37.5 Å². The minimum Gasteiger partial charge on any atom is -0.393 e. The van der Waals surface area contributed by atoms with Crippen molar-refractivity contribution in [3.63, 3.8) is 0 Å². The second-order valence-electron chi connectivity index (χ2n) is 6.00. The number of hydrogen-bond donors (Lipinski definition) is 1. The molecule has 1 aromatic carbocycles. The van der Waals surface area contributed by atoms with Gasteiger partial charge in [-0.2, -0.15) is 0 Å². The van der Waals surface area contributed by atoms with Gasteiger partial charge in [-0.05, 0) is 42.4 Å². The summed E-state index contributed by atoms with van der Waals surface area (Å²) in [4.78, 5) is 0.337. The molecule has 4 nitrogen and oxygen atoms in total. The molecule has 0 spiro atoms. The van der Waals surface area contributed by atoms with Gasteiger partial charge in [-0.25, -0.2) is 12.7 Å². The Morgan fingerprint density at radius 3 is 2.25 bits per heavy atom. The fraction of sp³-hybridized carbons (Fsp3) is 0.600. The Morgan fingerprint density at radius 1 is 1.25 bits per heavy atom. The van der Waals surface area contributed by atoms with Gasteiger partial charge in [-0.15, -0.1) is 0 Å². The third-order valence-electron chi connectivity index (χ3n) is 3.98. The van der Waals surface area contributed by atoms with Gasteiger partial charge >= 0.3 is 0 Å². The minimum absolute atomic E-state index is 0.249. The molecular formula is C15H23NO3S. The van der Waals surface area contributed by atoms with E-state index in [9.17, 15) is 13.5 Å². The Morgan fingerprint density at radius 2 is 1.80 bits per heavy atom. The highest BCUT2D eigenvalue weighted by molar-refractivity contribution is 7.89. The number of rotatable bonds is 5. The first-order chi connectivity index (χ1) is 9.30. The smallest absolute Gasteiger partial charge is 0.242 e. The van der Waals surface area contributed by atoms with Crippen LogP contribution in [0, 0.1) is 5.92 Å². The second-order valence-corrected chi connectivity index (χ2v) is 8.05. The lowest BCUT2D eigenvalue weighted by Gasteiger charge is -2.34. The van der Waals surface area contributed by atoms with Crippen molar-refractivity contribution in [1.29, 1.82) is 0 Å². The highest BCUT2D eigenvalue weighted by Crippen LogP contribution is 2.29. The summed E-state index contributed by atoms with van der Waals surface area (Å²) in [6.07, 6.45) is 1.15. The summed E-state index contributed by atoms with van der Waals surface area (Å²) in [6.45, 7) is 4.64. The molecule has 0 bridgehead atoms. The van der Waals surface area contributed by atoms with Crippen LogP contribution in [0.1, 0.15) is 38.2 Å². The van der Waals surface area contributed by atoms with E-state index in [4.69, 9.17) is 0 Å². The largest absolute Gasteiger partial charge is 0.393 e. The Labute approximate surface area is 121 Å². The van der Waals surface area contributed by atoms with E-state index >= 15 is 0 Å². The zero-order valence-corrected chi connectivity index (χ0v) is 13.1. The van der Waals surface area contributed by atoms with Crippen molar-refractivity contribution in [3.8, 4) is 0 Å². The van der Waals surface area contributed by atoms with Crippen molar-refractivity contribution in [3.05, 3.63) is 29.8 Å². The van der Waals surface area contributed by atoms with Crippen molar-refractivity contribution in [2.24, 2.45) is 5.92 Å². The van der Waals surface area contributed by atoms with Crippen LogP contribution in [0.5, 0.6) is 0 Å². The predicted octanol–water partition coefficient (Wildman–Crippen LogP) is 2.20. The molecular weight excluding hydrogens is 274 g/mol. The van der Waals surface area contributed by atoms with Crippen molar-refractivity contribution < 1.29 is 13.5 Å². The number of hydrogen-bond acceptors (Lipinski definition) is 3. The lowest BCUT2D eigenvalue weighted by Crippen LogP contribution is -2.39. The van der Waals surface area contributed by atoms with E-state index in [1.165, 1.54) is 4.31 Å². The van der Waals surface area contributed by atoms with E-state index in [0.717, 1.165) is 5.56 Å². The van der Waals surface area contributed by atoms with Crippen LogP contribution in [-0.2, 0) is 10.0 Å². The van der Waals surface area contributed by atoms with Crippen molar-refractivity contribution >= 4 is 10.0 Å². The monoisotopic (exact) mass is 297 g/mol. The first-order valence-corrected chi connectivity index (χ1v) is 8.49. The molecule has 0 atom stereocenters. The van der Waals surface area contributed by atoms with Crippen LogP contribution in [0.2, 0.25) is 0 Å². The molecule has 0 unspecified atom stereocenters. The summed E-state index contributed by atoms with van der Waals surface area (Å²) in [5.41, 5.74) is 1.13. The zero-order valence-electron chi connectivity index (χ0n) is 12.3. The quantitative estimate of drug-likeness (QED) is 0.906. The molecule has 1 aliphatic rings. The maximum Gasteiger partial charge on any atom is 0.242 e. The molecule has 1 saturated carbocycles. The summed E-state index contributed by atoms with van der Waals surface area (Å²) in [5.74, 6) is 0.667. The van der Waals surface area contributed by atoms with Gasteiger partial charge in [0.05, 0.1) is 11.0 Å². The Balaban J connectivity index is 2.08. The summed E-state index contributed by atoms with van der Waals surface area (Å²) in [5, 5.41) is 9.27. The summed E-state index contributed by atoms with van der Waals surface area (Å²) < 4.78 is 26.3. The van der Waals surface area contributed by atoms with Crippen LogP contribution in [0.4, 0.5) is 0 Å². The maximum absolute atomic E-state index is 12.4. The van der Waals surface area contributed by atoms with Crippen LogP contribution in [0.25, 0.3) is 0 Å². The van der Waals surface area contributed by atoms with Crippen LogP contribution >= 0.6 is 0 Å². The molecule has 0 heterocycles. The number of benzene rings is 1. The number of aliphatic hydroxyl groups is 1. The van der Waals surface area contributed by atoms with Gasteiger partial charge in [0.15, 0.2) is 0 Å². The molecule has 1 aromatic rings. The normalized spacial score (nSPS) is 23.1. The lowest BCUT2D eigenvalue weighted by atomic mass is 9.82. The van der Waals surface area contributed by atoms with Gasteiger partial charge < -0.3 is 5.11 Å². The SMILES string of the molecule is CC(C)c1ccc(S(=O)(=O)N(C)CC2CC(O)C2)cc1. The molecule has 1 N–H and O–H groups in total. The Kier molecular flexibility index (Phi) is 4.52. The third kappa shape index (κ3) is 3.22. The average molecular weight is 297 g/mol. The molecule has 1 fully saturated rings. The first kappa shape index (κ1) is 15.5. The summed E-state index contributed by atoms with van der Waals surface area (Å²) in [7, 11) is -1.81. The first-order valence-electron chi connectivity index (χ1n) is 7.05. The number of sulfonamides is 1. The highest BCUT2D eigenvalue weighted by Gasteiger charge is 2.31. The molecule has 20 heavy (non-hydrogen) atoms. The summed E-state index contributed by atoms with van der Waals surface area (Å²) >= 11 is 0. The van der Waals surface area contributed by atoms with Gasteiger partial charge in [0, 0.05) is 13.6 Å². The van der Waals surface area contributed by atoms with Crippen molar-refractivity contribution in [1.82, 2.24) is 4.31 Å². The van der Waals surface area contributed by atoms with E-state index in [1.807, 2.05) is 12.1 Å². The molecule has 2 rings (SSSR count). The van der Waals surface area contributed by atoms with Crippen molar-refractivity contribution in [2.75, 3.05) is 13.6 Å². The molecule has 0 aliphatic heterocycles. The van der Waals surface area contributed by atoms with E-state index < -0.39 is 10.0 Å². The molecule has 1 aliphatic carbocycles. The van der Waals surface area contributed by atoms with Crippen molar-refractivity contribution in [2.45, 2.75) is 43.6 Å². The molecule has 0 radical (unpaired) electrons. The van der Waals surface area contributed by atoms with E-state index in [2.05, 4.69) is 13.8 Å².